The van der Waals surface area contributed by atoms with Crippen molar-refractivity contribution in [2.45, 2.75) is 26.2 Å². The third kappa shape index (κ3) is 7.74. The summed E-state index contributed by atoms with van der Waals surface area (Å²) in [6, 6.07) is 0. The van der Waals surface area contributed by atoms with Crippen LogP contribution in [0.1, 0.15) is 26.2 Å². The molecule has 4 N–H and O–H groups in total. The van der Waals surface area contributed by atoms with E-state index in [2.05, 4.69) is 11.8 Å². The predicted molar refractivity (Wildman–Crippen MR) is 54.2 cm³/mol. The highest BCUT2D eigenvalue weighted by atomic mass is 16.1. The van der Waals surface area contributed by atoms with Crippen molar-refractivity contribution in [2.24, 2.45) is 11.5 Å². The quantitative estimate of drug-likeness (QED) is 0.558. The molecule has 78 valence electrons. The topological polar surface area (TPSA) is 72.3 Å². The SMILES string of the molecule is CCCN(CCCN)CCC(N)=O. The summed E-state index contributed by atoms with van der Waals surface area (Å²) < 4.78 is 0. The van der Waals surface area contributed by atoms with E-state index in [-0.39, 0.29) is 5.91 Å². The van der Waals surface area contributed by atoms with Gasteiger partial charge in [0.2, 0.25) is 5.91 Å². The Morgan fingerprint density at radius 3 is 2.46 bits per heavy atom. The van der Waals surface area contributed by atoms with Gasteiger partial charge in [0.25, 0.3) is 0 Å². The molecule has 0 spiro atoms. The molecule has 1 amide bonds. The van der Waals surface area contributed by atoms with Crippen LogP contribution in [0.4, 0.5) is 0 Å². The van der Waals surface area contributed by atoms with Crippen molar-refractivity contribution in [3.8, 4) is 0 Å². The Bertz CT molecular complexity index is 139. The molecule has 0 atom stereocenters. The Labute approximate surface area is 80.3 Å². The van der Waals surface area contributed by atoms with E-state index >= 15 is 0 Å². The van der Waals surface area contributed by atoms with Gasteiger partial charge < -0.3 is 16.4 Å². The van der Waals surface area contributed by atoms with E-state index in [1.54, 1.807) is 0 Å². The summed E-state index contributed by atoms with van der Waals surface area (Å²) in [4.78, 5) is 12.8. The number of rotatable bonds is 8. The van der Waals surface area contributed by atoms with Crippen LogP contribution < -0.4 is 11.5 Å². The molecule has 0 saturated heterocycles. The van der Waals surface area contributed by atoms with Crippen LogP contribution >= 0.6 is 0 Å². The van der Waals surface area contributed by atoms with Gasteiger partial charge in [-0.3, -0.25) is 4.79 Å². The van der Waals surface area contributed by atoms with E-state index in [1.165, 1.54) is 0 Å². The largest absolute Gasteiger partial charge is 0.370 e. The molecule has 0 aliphatic heterocycles. The molecule has 0 aromatic heterocycles. The van der Waals surface area contributed by atoms with Crippen LogP contribution in [-0.2, 0) is 4.79 Å². The monoisotopic (exact) mass is 187 g/mol. The molecule has 0 saturated carbocycles. The highest BCUT2D eigenvalue weighted by Gasteiger charge is 2.04. The standard InChI is InChI=1S/C9H21N3O/c1-2-6-12(7-3-5-10)8-4-9(11)13/h2-8,10H2,1H3,(H2,11,13). The molecule has 0 aromatic carbocycles. The minimum absolute atomic E-state index is 0.228. The number of carbonyl (C=O) groups excluding carboxylic acids is 1. The summed E-state index contributed by atoms with van der Waals surface area (Å²) in [6.45, 7) is 5.59. The van der Waals surface area contributed by atoms with Gasteiger partial charge in [-0.25, -0.2) is 0 Å². The summed E-state index contributed by atoms with van der Waals surface area (Å²) in [6.07, 6.45) is 2.53. The molecule has 0 aliphatic rings. The second-order valence-corrected chi connectivity index (χ2v) is 3.20. The molecule has 0 aromatic rings. The minimum atomic E-state index is -0.228. The van der Waals surface area contributed by atoms with Gasteiger partial charge >= 0.3 is 0 Å². The average molecular weight is 187 g/mol. The van der Waals surface area contributed by atoms with E-state index in [1.807, 2.05) is 0 Å². The molecule has 0 rings (SSSR count). The molecule has 0 unspecified atom stereocenters. The number of hydrogen-bond donors (Lipinski definition) is 2. The average Bonchev–Trinajstić information content (AvgIpc) is 2.09. The van der Waals surface area contributed by atoms with Gasteiger partial charge in [-0.1, -0.05) is 6.92 Å². The van der Waals surface area contributed by atoms with Crippen molar-refractivity contribution in [2.75, 3.05) is 26.2 Å². The molecule has 0 radical (unpaired) electrons. The van der Waals surface area contributed by atoms with Crippen LogP contribution in [-0.4, -0.2) is 37.0 Å². The number of primary amides is 1. The summed E-state index contributed by atoms with van der Waals surface area (Å²) >= 11 is 0. The summed E-state index contributed by atoms with van der Waals surface area (Å²) in [5.41, 5.74) is 10.5. The lowest BCUT2D eigenvalue weighted by Gasteiger charge is -2.20. The van der Waals surface area contributed by atoms with E-state index in [0.717, 1.165) is 32.5 Å². The fourth-order valence-electron chi connectivity index (χ4n) is 1.23. The molecule has 0 fully saturated rings. The van der Waals surface area contributed by atoms with Gasteiger partial charge in [0.05, 0.1) is 0 Å². The van der Waals surface area contributed by atoms with Gasteiger partial charge in [0.15, 0.2) is 0 Å². The van der Waals surface area contributed by atoms with Crippen molar-refractivity contribution in [1.29, 1.82) is 0 Å². The summed E-state index contributed by atoms with van der Waals surface area (Å²) in [5.74, 6) is -0.228. The lowest BCUT2D eigenvalue weighted by atomic mass is 10.3. The van der Waals surface area contributed by atoms with Gasteiger partial charge in [-0.05, 0) is 32.5 Å². The van der Waals surface area contributed by atoms with Crippen molar-refractivity contribution in [1.82, 2.24) is 4.90 Å². The van der Waals surface area contributed by atoms with Crippen LogP contribution in [0.5, 0.6) is 0 Å². The Kier molecular flexibility index (Phi) is 7.63. The predicted octanol–water partition coefficient (Wildman–Crippen LogP) is -0.0774. The number of nitrogens with zero attached hydrogens (tertiary/aromatic N) is 1. The van der Waals surface area contributed by atoms with Crippen LogP contribution in [0.15, 0.2) is 0 Å². The van der Waals surface area contributed by atoms with Crippen molar-refractivity contribution >= 4 is 5.91 Å². The maximum absolute atomic E-state index is 10.6. The van der Waals surface area contributed by atoms with E-state index in [4.69, 9.17) is 11.5 Å². The lowest BCUT2D eigenvalue weighted by Crippen LogP contribution is -2.30. The number of nitrogens with two attached hydrogens (primary N) is 2. The zero-order valence-electron chi connectivity index (χ0n) is 8.46. The van der Waals surface area contributed by atoms with Gasteiger partial charge in [0, 0.05) is 13.0 Å². The third-order valence-electron chi connectivity index (χ3n) is 1.89. The fourth-order valence-corrected chi connectivity index (χ4v) is 1.23. The van der Waals surface area contributed by atoms with E-state index < -0.39 is 0 Å². The fraction of sp³-hybridized carbons (Fsp3) is 0.889. The maximum Gasteiger partial charge on any atom is 0.218 e. The Balaban J connectivity index is 3.59. The van der Waals surface area contributed by atoms with E-state index in [9.17, 15) is 4.79 Å². The van der Waals surface area contributed by atoms with Crippen molar-refractivity contribution in [3.63, 3.8) is 0 Å². The summed E-state index contributed by atoms with van der Waals surface area (Å²) in [7, 11) is 0. The van der Waals surface area contributed by atoms with Crippen LogP contribution in [0.25, 0.3) is 0 Å². The van der Waals surface area contributed by atoms with Crippen LogP contribution in [0, 0.1) is 0 Å². The molecule has 0 heterocycles. The highest BCUT2D eigenvalue weighted by Crippen LogP contribution is 1.95. The molecule has 0 aliphatic carbocycles. The lowest BCUT2D eigenvalue weighted by molar-refractivity contribution is -0.118. The normalized spacial score (nSPS) is 10.7. The Morgan fingerprint density at radius 2 is 2.00 bits per heavy atom. The first kappa shape index (κ1) is 12.4. The molecule has 0 bridgehead atoms. The molecular weight excluding hydrogens is 166 g/mol. The highest BCUT2D eigenvalue weighted by molar-refractivity contribution is 5.73. The van der Waals surface area contributed by atoms with Crippen LogP contribution in [0.3, 0.4) is 0 Å². The van der Waals surface area contributed by atoms with Gasteiger partial charge in [0.1, 0.15) is 0 Å². The first-order chi connectivity index (χ1) is 6.20. The molecule has 4 heteroatoms. The second-order valence-electron chi connectivity index (χ2n) is 3.20. The maximum atomic E-state index is 10.6. The zero-order valence-corrected chi connectivity index (χ0v) is 8.46. The number of hydrogen-bond acceptors (Lipinski definition) is 3. The molecule has 13 heavy (non-hydrogen) atoms. The van der Waals surface area contributed by atoms with Gasteiger partial charge in [-0.15, -0.1) is 0 Å². The minimum Gasteiger partial charge on any atom is -0.370 e. The first-order valence-corrected chi connectivity index (χ1v) is 4.91. The van der Waals surface area contributed by atoms with Crippen molar-refractivity contribution < 1.29 is 4.79 Å². The third-order valence-corrected chi connectivity index (χ3v) is 1.89. The van der Waals surface area contributed by atoms with Gasteiger partial charge in [-0.2, -0.15) is 0 Å². The smallest absolute Gasteiger partial charge is 0.218 e. The molecular formula is C9H21N3O. The zero-order chi connectivity index (χ0) is 10.1. The number of carbonyl (C=O) groups is 1. The summed E-state index contributed by atoms with van der Waals surface area (Å²) in [5, 5.41) is 0. The number of amides is 1. The Hall–Kier alpha value is -0.610. The second kappa shape index (κ2) is 8.01. The van der Waals surface area contributed by atoms with E-state index in [0.29, 0.717) is 13.0 Å². The van der Waals surface area contributed by atoms with Crippen LogP contribution in [0.2, 0.25) is 0 Å². The molecule has 4 nitrogen and oxygen atoms in total. The van der Waals surface area contributed by atoms with Crippen molar-refractivity contribution in [3.05, 3.63) is 0 Å². The Morgan fingerprint density at radius 1 is 1.31 bits per heavy atom. The first-order valence-electron chi connectivity index (χ1n) is 4.91.